The molecule has 0 amide bonds. The van der Waals surface area contributed by atoms with Gasteiger partial charge < -0.3 is 13.9 Å². The first-order valence-corrected chi connectivity index (χ1v) is 18.4. The van der Waals surface area contributed by atoms with Crippen molar-refractivity contribution >= 4 is 92.3 Å². The highest BCUT2D eigenvalue weighted by Gasteiger charge is 2.27. The molecule has 0 saturated carbocycles. The van der Waals surface area contributed by atoms with Crippen LogP contribution in [0.4, 0.5) is 17.1 Å². The van der Waals surface area contributed by atoms with E-state index in [9.17, 15) is 0 Å². The molecule has 0 N–H and O–H groups in total. The number of furan rings is 1. The van der Waals surface area contributed by atoms with Crippen molar-refractivity contribution in [3.05, 3.63) is 182 Å². The third-order valence-electron chi connectivity index (χ3n) is 10.4. The molecule has 0 aliphatic rings. The minimum absolute atomic E-state index is 0.879. The maximum Gasteiger partial charge on any atom is 0.138 e. The molecule has 11 rings (SSSR count). The van der Waals surface area contributed by atoms with Gasteiger partial charge in [-0.2, -0.15) is 0 Å². The zero-order valence-electron chi connectivity index (χ0n) is 28.0. The van der Waals surface area contributed by atoms with Crippen LogP contribution in [0.5, 0.6) is 0 Å². The van der Waals surface area contributed by atoms with Crippen LogP contribution in [0.2, 0.25) is 0 Å². The summed E-state index contributed by atoms with van der Waals surface area (Å²) in [7, 11) is 0. The van der Waals surface area contributed by atoms with Crippen molar-refractivity contribution in [2.45, 2.75) is 0 Å². The van der Waals surface area contributed by atoms with Crippen LogP contribution in [0.3, 0.4) is 0 Å². The predicted molar refractivity (Wildman–Crippen MR) is 221 cm³/mol. The molecule has 0 fully saturated rings. The van der Waals surface area contributed by atoms with Gasteiger partial charge in [0.2, 0.25) is 0 Å². The number of anilines is 3. The van der Waals surface area contributed by atoms with Crippen molar-refractivity contribution in [1.29, 1.82) is 0 Å². The van der Waals surface area contributed by atoms with E-state index >= 15 is 0 Å². The number of hydrogen-bond donors (Lipinski definition) is 0. The Labute approximate surface area is 303 Å². The van der Waals surface area contributed by atoms with E-state index in [1.165, 1.54) is 36.5 Å². The molecule has 0 spiro atoms. The van der Waals surface area contributed by atoms with Crippen LogP contribution in [-0.2, 0) is 0 Å². The molecule has 3 heterocycles. The first-order chi connectivity index (χ1) is 25.8. The molecule has 0 radical (unpaired) electrons. The van der Waals surface area contributed by atoms with E-state index in [0.717, 1.165) is 61.3 Å². The third-order valence-corrected chi connectivity index (χ3v) is 11.6. The monoisotopic (exact) mass is 682 g/mol. The highest BCUT2D eigenvalue weighted by molar-refractivity contribution is 7.26. The number of benzene rings is 8. The van der Waals surface area contributed by atoms with Crippen LogP contribution in [0.25, 0.3) is 80.7 Å². The van der Waals surface area contributed by atoms with E-state index in [-0.39, 0.29) is 0 Å². The van der Waals surface area contributed by atoms with Crippen LogP contribution in [0.1, 0.15) is 0 Å². The van der Waals surface area contributed by atoms with Gasteiger partial charge >= 0.3 is 0 Å². The first kappa shape index (κ1) is 29.1. The molecule has 11 aromatic rings. The number of rotatable bonds is 5. The van der Waals surface area contributed by atoms with Crippen molar-refractivity contribution < 1.29 is 4.42 Å². The molecule has 52 heavy (non-hydrogen) atoms. The summed E-state index contributed by atoms with van der Waals surface area (Å²) in [5.41, 5.74) is 10.8. The van der Waals surface area contributed by atoms with Crippen LogP contribution >= 0.6 is 11.3 Å². The molecule has 0 aliphatic carbocycles. The van der Waals surface area contributed by atoms with Gasteiger partial charge in [0, 0.05) is 60.0 Å². The summed E-state index contributed by atoms with van der Waals surface area (Å²) in [4.78, 5) is 2.46. The molecule has 0 atom stereocenters. The summed E-state index contributed by atoms with van der Waals surface area (Å²) < 4.78 is 11.7. The SMILES string of the molecule is c1ccc(-c2c3c(cc4c2c2cccc(N(c5ccccc5)c5cccc6c5sc5ccccc56)c2n4-c2ccccc2)oc2ccccc23)cc1. The van der Waals surface area contributed by atoms with E-state index < -0.39 is 0 Å². The zero-order valence-corrected chi connectivity index (χ0v) is 28.8. The fourth-order valence-corrected chi connectivity index (χ4v) is 9.43. The highest BCUT2D eigenvalue weighted by Crippen LogP contribution is 2.51. The average Bonchev–Trinajstić information content (AvgIpc) is 3.88. The Hall–Kier alpha value is -6.62. The van der Waals surface area contributed by atoms with Gasteiger partial charge in [0.25, 0.3) is 0 Å². The topological polar surface area (TPSA) is 21.3 Å². The van der Waals surface area contributed by atoms with Crippen molar-refractivity contribution in [2.75, 3.05) is 4.90 Å². The molecule has 4 heteroatoms. The van der Waals surface area contributed by atoms with Crippen LogP contribution < -0.4 is 4.90 Å². The van der Waals surface area contributed by atoms with Gasteiger partial charge in [-0.15, -0.1) is 11.3 Å². The van der Waals surface area contributed by atoms with Gasteiger partial charge in [-0.05, 0) is 54.1 Å². The summed E-state index contributed by atoms with van der Waals surface area (Å²) in [6, 6.07) is 65.3. The lowest BCUT2D eigenvalue weighted by atomic mass is 9.94. The van der Waals surface area contributed by atoms with Gasteiger partial charge in [-0.1, -0.05) is 127 Å². The molecular formula is C48H30N2OS. The summed E-state index contributed by atoms with van der Waals surface area (Å²) in [5, 5.41) is 7.22. The fourth-order valence-electron chi connectivity index (χ4n) is 8.22. The minimum atomic E-state index is 0.879. The van der Waals surface area contributed by atoms with Crippen molar-refractivity contribution in [3.8, 4) is 16.8 Å². The second kappa shape index (κ2) is 11.5. The zero-order chi connectivity index (χ0) is 34.2. The summed E-state index contributed by atoms with van der Waals surface area (Å²) in [6.45, 7) is 0. The van der Waals surface area contributed by atoms with E-state index in [1.807, 2.05) is 17.4 Å². The molecule has 3 aromatic heterocycles. The Morgan fingerprint density at radius 3 is 1.92 bits per heavy atom. The van der Waals surface area contributed by atoms with Gasteiger partial charge in [-0.3, -0.25) is 0 Å². The third kappa shape index (κ3) is 4.25. The summed E-state index contributed by atoms with van der Waals surface area (Å²) >= 11 is 1.86. The van der Waals surface area contributed by atoms with E-state index in [1.54, 1.807) is 0 Å². The average molecular weight is 683 g/mol. The molecule has 0 bridgehead atoms. The number of aromatic nitrogens is 1. The van der Waals surface area contributed by atoms with E-state index in [0.29, 0.717) is 0 Å². The smallest absolute Gasteiger partial charge is 0.138 e. The maximum atomic E-state index is 6.68. The first-order valence-electron chi connectivity index (χ1n) is 17.6. The quantitative estimate of drug-likeness (QED) is 0.180. The number of thiophene rings is 1. The predicted octanol–water partition coefficient (Wildman–Crippen LogP) is 14.2. The normalized spacial score (nSPS) is 11.8. The van der Waals surface area contributed by atoms with Crippen molar-refractivity contribution in [2.24, 2.45) is 0 Å². The van der Waals surface area contributed by atoms with Crippen molar-refractivity contribution in [1.82, 2.24) is 4.57 Å². The summed E-state index contributed by atoms with van der Waals surface area (Å²) in [6.07, 6.45) is 0. The lowest BCUT2D eigenvalue weighted by Crippen LogP contribution is -2.11. The van der Waals surface area contributed by atoms with Gasteiger partial charge in [0.1, 0.15) is 11.2 Å². The minimum Gasteiger partial charge on any atom is -0.456 e. The largest absolute Gasteiger partial charge is 0.456 e. The molecule has 0 aliphatic heterocycles. The molecule has 3 nitrogen and oxygen atoms in total. The van der Waals surface area contributed by atoms with Crippen LogP contribution in [-0.4, -0.2) is 4.57 Å². The fraction of sp³-hybridized carbons (Fsp3) is 0. The standard InChI is InChI=1S/C48H30N2OS/c1-4-16-31(17-5-1)44-45-37-25-15-26-38(49(32-18-6-2-7-19-32)39-27-14-24-35-34-22-11-13-29-43(34)52-48(35)39)47(37)50(33-20-8-3-9-21-33)40(45)30-42-46(44)36-23-10-12-28-41(36)51-42/h1-30H. The van der Waals surface area contributed by atoms with Crippen molar-refractivity contribution in [3.63, 3.8) is 0 Å². The number of nitrogens with zero attached hydrogens (tertiary/aromatic N) is 2. The number of hydrogen-bond acceptors (Lipinski definition) is 3. The maximum absolute atomic E-state index is 6.68. The van der Waals surface area contributed by atoms with E-state index in [2.05, 4.69) is 185 Å². The lowest BCUT2D eigenvalue weighted by molar-refractivity contribution is 0.669. The second-order valence-electron chi connectivity index (χ2n) is 13.3. The molecule has 0 unspecified atom stereocenters. The van der Waals surface area contributed by atoms with Crippen LogP contribution in [0, 0.1) is 0 Å². The molecule has 0 saturated heterocycles. The van der Waals surface area contributed by atoms with E-state index in [4.69, 9.17) is 4.42 Å². The van der Waals surface area contributed by atoms with Gasteiger partial charge in [0.05, 0.1) is 27.1 Å². The lowest BCUT2D eigenvalue weighted by Gasteiger charge is -2.27. The Bertz CT molecular complexity index is 3120. The van der Waals surface area contributed by atoms with Crippen LogP contribution in [0.15, 0.2) is 186 Å². The Morgan fingerprint density at radius 1 is 0.481 bits per heavy atom. The second-order valence-corrected chi connectivity index (χ2v) is 14.3. The Balaban J connectivity index is 1.34. The molecule has 244 valence electrons. The number of fused-ring (bicyclic) bond motifs is 9. The highest BCUT2D eigenvalue weighted by atomic mass is 32.1. The summed E-state index contributed by atoms with van der Waals surface area (Å²) in [5.74, 6) is 0. The van der Waals surface area contributed by atoms with Gasteiger partial charge in [0.15, 0.2) is 0 Å². The van der Waals surface area contributed by atoms with Gasteiger partial charge in [-0.25, -0.2) is 0 Å². The number of para-hydroxylation sites is 4. The molecular weight excluding hydrogens is 653 g/mol. The molecule has 8 aromatic carbocycles. The Kier molecular flexibility index (Phi) is 6.42. The Morgan fingerprint density at radius 2 is 1.12 bits per heavy atom.